The number of rotatable bonds is 25. The van der Waals surface area contributed by atoms with Crippen molar-refractivity contribution in [2.75, 3.05) is 48.1 Å². The van der Waals surface area contributed by atoms with Gasteiger partial charge in [0.2, 0.25) is 11.8 Å². The lowest BCUT2D eigenvalue weighted by Gasteiger charge is -2.38. The van der Waals surface area contributed by atoms with Crippen molar-refractivity contribution in [1.29, 1.82) is 0 Å². The molecule has 3 amide bonds. The molecule has 1 saturated heterocycles. The van der Waals surface area contributed by atoms with Gasteiger partial charge >= 0.3 is 24.0 Å². The van der Waals surface area contributed by atoms with Crippen molar-refractivity contribution in [3.05, 3.63) is 131 Å². The number of alkyl carbamates (subject to hydrolysis) is 1. The van der Waals surface area contributed by atoms with E-state index in [9.17, 15) is 33.9 Å². The summed E-state index contributed by atoms with van der Waals surface area (Å²) in [5.74, 6) is -1.17. The van der Waals surface area contributed by atoms with Gasteiger partial charge in [-0.2, -0.15) is 0 Å². The van der Waals surface area contributed by atoms with Crippen molar-refractivity contribution >= 4 is 35.8 Å². The number of methoxy groups -OCH3 is 4. The molecule has 4 N–H and O–H groups in total. The number of carbonyl (C=O) groups is 6. The molecule has 1 fully saturated rings. The zero-order valence-corrected chi connectivity index (χ0v) is 40.6. The summed E-state index contributed by atoms with van der Waals surface area (Å²) in [7, 11) is 5.74. The molecule has 0 aliphatic carbocycles. The Hall–Kier alpha value is -6.98. The Balaban J connectivity index is 0.000000861. The minimum Gasteiger partial charge on any atom is -0.497 e. The first kappa shape index (κ1) is 55.6. The SMILES string of the molecule is COC(=O)[C@@H](C)CCC(=O)O.COC(=O)[C@@H](CCC(=O)NCCCCCC(=O)N1C[C@H](O)C[C@H]1COC(c1ccccc1)(c1ccc(OC)cc1)c1ccc(OC)cc1)NC(=O)OCc1ccccc1. The number of hydrogen-bond acceptors (Lipinski definition) is 13. The summed E-state index contributed by atoms with van der Waals surface area (Å²) in [5, 5.41) is 24.4. The minimum absolute atomic E-state index is 0.0102. The smallest absolute Gasteiger partial charge is 0.408 e. The molecular weight excluding hydrogens is 903 g/mol. The van der Waals surface area contributed by atoms with Gasteiger partial charge < -0.3 is 54.2 Å². The Morgan fingerprint density at radius 2 is 1.27 bits per heavy atom. The van der Waals surface area contributed by atoms with Crippen LogP contribution in [0.3, 0.4) is 0 Å². The summed E-state index contributed by atoms with van der Waals surface area (Å²) in [6.45, 7) is 2.46. The van der Waals surface area contributed by atoms with Crippen LogP contribution >= 0.6 is 0 Å². The Morgan fingerprint density at radius 1 is 0.700 bits per heavy atom. The van der Waals surface area contributed by atoms with Gasteiger partial charge in [-0.15, -0.1) is 0 Å². The number of benzene rings is 4. The van der Waals surface area contributed by atoms with Crippen molar-refractivity contribution < 1.29 is 67.4 Å². The van der Waals surface area contributed by atoms with Gasteiger partial charge in [0.05, 0.1) is 53.1 Å². The molecule has 1 heterocycles. The highest BCUT2D eigenvalue weighted by atomic mass is 16.6. The van der Waals surface area contributed by atoms with Crippen LogP contribution in [0.25, 0.3) is 0 Å². The van der Waals surface area contributed by atoms with Crippen molar-refractivity contribution in [2.24, 2.45) is 5.92 Å². The summed E-state index contributed by atoms with van der Waals surface area (Å²) in [6.07, 6.45) is 1.50. The summed E-state index contributed by atoms with van der Waals surface area (Å²) in [4.78, 5) is 73.3. The molecule has 5 rings (SSSR count). The van der Waals surface area contributed by atoms with Crippen LogP contribution in [0.4, 0.5) is 4.79 Å². The number of β-amino-alcohol motifs (C(OH)–C–C–N with tert-alkyl or cyclic N) is 1. The highest BCUT2D eigenvalue weighted by molar-refractivity contribution is 5.83. The van der Waals surface area contributed by atoms with E-state index < -0.39 is 35.8 Å². The number of carboxylic acids is 1. The molecule has 0 radical (unpaired) electrons. The van der Waals surface area contributed by atoms with Crippen LogP contribution in [0, 0.1) is 5.92 Å². The average Bonchev–Trinajstić information content (AvgIpc) is 3.77. The van der Waals surface area contributed by atoms with Crippen LogP contribution in [-0.2, 0) is 55.1 Å². The second-order valence-electron chi connectivity index (χ2n) is 16.7. The molecule has 17 nitrogen and oxygen atoms in total. The molecule has 4 aromatic rings. The number of carbonyl (C=O) groups excluding carboxylic acids is 5. The van der Waals surface area contributed by atoms with E-state index in [1.165, 1.54) is 14.2 Å². The normalized spacial score (nSPS) is 15.0. The van der Waals surface area contributed by atoms with Gasteiger partial charge in [-0.25, -0.2) is 9.59 Å². The van der Waals surface area contributed by atoms with Gasteiger partial charge in [0, 0.05) is 32.4 Å². The van der Waals surface area contributed by atoms with Crippen LogP contribution in [0.5, 0.6) is 11.5 Å². The molecule has 0 bridgehead atoms. The second kappa shape index (κ2) is 29.1. The number of nitrogens with one attached hydrogen (secondary N) is 2. The number of hydrogen-bond donors (Lipinski definition) is 4. The number of aliphatic hydroxyl groups excluding tert-OH is 1. The number of ether oxygens (including phenoxy) is 6. The quantitative estimate of drug-likeness (QED) is 0.0239. The maximum Gasteiger partial charge on any atom is 0.408 e. The highest BCUT2D eigenvalue weighted by Crippen LogP contribution is 2.42. The third-order valence-electron chi connectivity index (χ3n) is 11.8. The van der Waals surface area contributed by atoms with E-state index >= 15 is 0 Å². The van der Waals surface area contributed by atoms with E-state index in [4.69, 9.17) is 28.8 Å². The zero-order chi connectivity index (χ0) is 50.9. The van der Waals surface area contributed by atoms with Gasteiger partial charge in [-0.05, 0) is 78.6 Å². The van der Waals surface area contributed by atoms with Gasteiger partial charge in [0.15, 0.2) is 0 Å². The Morgan fingerprint density at radius 3 is 1.83 bits per heavy atom. The maximum atomic E-state index is 13.6. The fourth-order valence-corrected chi connectivity index (χ4v) is 7.92. The monoisotopic (exact) mass is 969 g/mol. The molecule has 4 aromatic carbocycles. The average molecular weight is 970 g/mol. The molecule has 0 unspecified atom stereocenters. The molecule has 0 saturated carbocycles. The Labute approximate surface area is 409 Å². The lowest BCUT2D eigenvalue weighted by atomic mass is 9.80. The van der Waals surface area contributed by atoms with E-state index in [1.54, 1.807) is 26.0 Å². The maximum absolute atomic E-state index is 13.6. The number of carboxylic acid groups (broad SMARTS) is 1. The first-order valence-corrected chi connectivity index (χ1v) is 23.3. The third kappa shape index (κ3) is 17.2. The van der Waals surface area contributed by atoms with Gasteiger partial charge in [-0.1, -0.05) is 98.3 Å². The fraction of sp³-hybridized carbons (Fsp3) is 0.434. The van der Waals surface area contributed by atoms with Crippen molar-refractivity contribution in [1.82, 2.24) is 15.5 Å². The van der Waals surface area contributed by atoms with E-state index in [-0.39, 0.29) is 75.2 Å². The van der Waals surface area contributed by atoms with E-state index in [0.717, 1.165) is 22.3 Å². The molecule has 0 spiro atoms. The van der Waals surface area contributed by atoms with E-state index in [2.05, 4.69) is 15.4 Å². The standard InChI is InChI=1S/C46H55N3O10.C7H12O4/c1-55-39-22-18-35(19-23-39)46(34-15-9-5-10-16-34,36-20-24-40(56-2)25-21-36)59-32-37-29-38(50)30-49(37)43(52)17-11-6-12-28-47-42(51)27-26-41(44(53)57-3)48-45(54)58-31-33-13-7-4-8-14-33;1-5(7(10)11-2)3-4-6(8)9/h4-5,7-10,13-16,18-25,37-38,41,50H,6,11-12,17,26-32H2,1-3H3,(H,47,51)(H,48,54);5H,3-4H2,1-2H3,(H,8,9)/t37-,38+,41+;5-/m00/s1. The number of esters is 2. The molecule has 17 heteroatoms. The van der Waals surface area contributed by atoms with Crippen molar-refractivity contribution in [3.8, 4) is 11.5 Å². The predicted octanol–water partition coefficient (Wildman–Crippen LogP) is 6.56. The number of likely N-dealkylation sites (tertiary alicyclic amines) is 1. The summed E-state index contributed by atoms with van der Waals surface area (Å²) < 4.78 is 32.4. The number of amides is 3. The Kier molecular flexibility index (Phi) is 23.2. The van der Waals surface area contributed by atoms with Crippen LogP contribution in [0.2, 0.25) is 0 Å². The van der Waals surface area contributed by atoms with Crippen LogP contribution in [-0.4, -0.2) is 117 Å². The van der Waals surface area contributed by atoms with Crippen LogP contribution in [0.15, 0.2) is 109 Å². The largest absolute Gasteiger partial charge is 0.497 e. The summed E-state index contributed by atoms with van der Waals surface area (Å²) in [6, 6.07) is 33.2. The predicted molar refractivity (Wildman–Crippen MR) is 259 cm³/mol. The zero-order valence-electron chi connectivity index (χ0n) is 40.6. The molecule has 0 aromatic heterocycles. The Bertz CT molecular complexity index is 2200. The van der Waals surface area contributed by atoms with E-state index in [1.807, 2.05) is 109 Å². The fourth-order valence-electron chi connectivity index (χ4n) is 7.92. The first-order chi connectivity index (χ1) is 33.7. The van der Waals surface area contributed by atoms with Crippen LogP contribution in [0.1, 0.15) is 87.0 Å². The highest BCUT2D eigenvalue weighted by Gasteiger charge is 2.41. The van der Waals surface area contributed by atoms with Gasteiger partial charge in [0.25, 0.3) is 0 Å². The molecular formula is C53H67N3O14. The second-order valence-corrected chi connectivity index (χ2v) is 16.7. The van der Waals surface area contributed by atoms with Crippen molar-refractivity contribution in [2.45, 2.75) is 95.1 Å². The molecule has 70 heavy (non-hydrogen) atoms. The molecule has 1 aliphatic heterocycles. The number of unbranched alkanes of at least 4 members (excludes halogenated alkanes) is 2. The third-order valence-corrected chi connectivity index (χ3v) is 11.8. The molecule has 1 aliphatic rings. The number of aliphatic hydroxyl groups is 1. The lowest BCUT2D eigenvalue weighted by molar-refractivity contribution is -0.146. The van der Waals surface area contributed by atoms with Crippen molar-refractivity contribution in [3.63, 3.8) is 0 Å². The van der Waals surface area contributed by atoms with Crippen LogP contribution < -0.4 is 20.1 Å². The number of nitrogens with zero attached hydrogens (tertiary/aromatic N) is 1. The molecule has 378 valence electrons. The molecule has 4 atom stereocenters. The number of aliphatic carboxylic acids is 1. The summed E-state index contributed by atoms with van der Waals surface area (Å²) in [5.41, 5.74) is 2.38. The lowest BCUT2D eigenvalue weighted by Crippen LogP contribution is -2.42. The summed E-state index contributed by atoms with van der Waals surface area (Å²) >= 11 is 0. The van der Waals surface area contributed by atoms with Gasteiger partial charge in [-0.3, -0.25) is 19.2 Å². The first-order valence-electron chi connectivity index (χ1n) is 23.3. The van der Waals surface area contributed by atoms with E-state index in [0.29, 0.717) is 50.1 Å². The van der Waals surface area contributed by atoms with Gasteiger partial charge in [0.1, 0.15) is 29.7 Å². The topological polar surface area (TPSA) is 226 Å². The minimum atomic E-state index is -1.06.